The average Bonchev–Trinajstić information content (AvgIpc) is 3.30. The van der Waals surface area contributed by atoms with Gasteiger partial charge in [-0.3, -0.25) is 9.69 Å². The molecule has 0 bridgehead atoms. The van der Waals surface area contributed by atoms with E-state index < -0.39 is 18.0 Å². The highest BCUT2D eigenvalue weighted by Crippen LogP contribution is 2.30. The van der Waals surface area contributed by atoms with Crippen LogP contribution >= 0.6 is 11.3 Å². The number of anilines is 1. The number of methoxy groups -OCH3 is 1. The zero-order valence-corrected chi connectivity index (χ0v) is 16.4. The molecule has 3 rings (SSSR count). The lowest BCUT2D eigenvalue weighted by atomic mass is 10.2. The summed E-state index contributed by atoms with van der Waals surface area (Å²) in [6, 6.07) is 4.49. The van der Waals surface area contributed by atoms with Gasteiger partial charge < -0.3 is 14.8 Å². The van der Waals surface area contributed by atoms with Crippen LogP contribution in [0.3, 0.4) is 0 Å². The Balaban J connectivity index is 1.69. The van der Waals surface area contributed by atoms with E-state index in [-0.39, 0.29) is 19.0 Å². The predicted molar refractivity (Wildman–Crippen MR) is 102 cm³/mol. The summed E-state index contributed by atoms with van der Waals surface area (Å²) in [4.78, 5) is 24.8. The third-order valence-electron chi connectivity index (χ3n) is 4.20. The van der Waals surface area contributed by atoms with Gasteiger partial charge in [0.15, 0.2) is 5.01 Å². The van der Waals surface area contributed by atoms with Gasteiger partial charge in [-0.2, -0.15) is 0 Å². The molecule has 1 aliphatic heterocycles. The Labute approximate surface area is 165 Å². The molecule has 1 saturated heterocycles. The Kier molecular flexibility index (Phi) is 6.53. The Morgan fingerprint density at radius 1 is 1.46 bits per heavy atom. The van der Waals surface area contributed by atoms with E-state index in [0.29, 0.717) is 35.7 Å². The fourth-order valence-electron chi connectivity index (χ4n) is 2.69. The summed E-state index contributed by atoms with van der Waals surface area (Å²) in [6.07, 6.45) is -0.0721. The molecule has 0 spiro atoms. The van der Waals surface area contributed by atoms with Gasteiger partial charge >= 0.3 is 6.09 Å². The first kappa shape index (κ1) is 20.2. The molecule has 1 fully saturated rings. The third kappa shape index (κ3) is 4.63. The van der Waals surface area contributed by atoms with Crippen LogP contribution in [0.2, 0.25) is 0 Å². The molecule has 1 aromatic heterocycles. The molecular weight excluding hydrogens is 387 g/mol. The van der Waals surface area contributed by atoms with Crippen molar-refractivity contribution in [2.45, 2.75) is 25.9 Å². The number of carbonyl (C=O) groups excluding carboxylic acids is 2. The van der Waals surface area contributed by atoms with E-state index in [9.17, 15) is 14.0 Å². The molecule has 0 saturated carbocycles. The van der Waals surface area contributed by atoms with Crippen molar-refractivity contribution in [2.75, 3.05) is 31.7 Å². The molecule has 150 valence electrons. The SMILES string of the molecule is CCC(=O)NCC1CN(c2ccc(-c3nnc(CCOC)s3)c(F)c2)C(=O)O1. The van der Waals surface area contributed by atoms with Crippen molar-refractivity contribution in [3.8, 4) is 10.6 Å². The van der Waals surface area contributed by atoms with Crippen LogP contribution in [-0.2, 0) is 20.7 Å². The Morgan fingerprint density at radius 2 is 2.29 bits per heavy atom. The summed E-state index contributed by atoms with van der Waals surface area (Å²) in [5, 5.41) is 12.0. The fourth-order valence-corrected chi connectivity index (χ4v) is 3.54. The van der Waals surface area contributed by atoms with Crippen LogP contribution in [0.1, 0.15) is 18.4 Å². The van der Waals surface area contributed by atoms with E-state index in [1.807, 2.05) is 0 Å². The van der Waals surface area contributed by atoms with Gasteiger partial charge in [0.1, 0.15) is 16.9 Å². The number of cyclic esters (lactones) is 1. The minimum absolute atomic E-state index is 0.119. The fraction of sp³-hybridized carbons (Fsp3) is 0.444. The quantitative estimate of drug-likeness (QED) is 0.721. The first-order valence-electron chi connectivity index (χ1n) is 8.88. The second kappa shape index (κ2) is 9.07. The van der Waals surface area contributed by atoms with Gasteiger partial charge in [-0.15, -0.1) is 10.2 Å². The monoisotopic (exact) mass is 408 g/mol. The van der Waals surface area contributed by atoms with Crippen LogP contribution in [0.4, 0.5) is 14.9 Å². The highest BCUT2D eigenvalue weighted by atomic mass is 32.1. The van der Waals surface area contributed by atoms with Gasteiger partial charge in [0.25, 0.3) is 0 Å². The summed E-state index contributed by atoms with van der Waals surface area (Å²) in [7, 11) is 1.60. The number of carbonyl (C=O) groups is 2. The second-order valence-electron chi connectivity index (χ2n) is 6.18. The lowest BCUT2D eigenvalue weighted by Gasteiger charge is -2.14. The summed E-state index contributed by atoms with van der Waals surface area (Å²) in [6.45, 7) is 2.73. The molecule has 2 amide bonds. The summed E-state index contributed by atoms with van der Waals surface area (Å²) in [5.74, 6) is -0.616. The van der Waals surface area contributed by atoms with E-state index in [1.54, 1.807) is 26.2 Å². The van der Waals surface area contributed by atoms with Crippen LogP contribution in [0, 0.1) is 5.82 Å². The molecule has 10 heteroatoms. The van der Waals surface area contributed by atoms with Gasteiger partial charge in [-0.25, -0.2) is 9.18 Å². The molecule has 0 radical (unpaired) electrons. The largest absolute Gasteiger partial charge is 0.442 e. The number of nitrogens with zero attached hydrogens (tertiary/aromatic N) is 3. The number of ether oxygens (including phenoxy) is 2. The molecule has 8 nitrogen and oxygen atoms in total. The summed E-state index contributed by atoms with van der Waals surface area (Å²) >= 11 is 1.30. The van der Waals surface area contributed by atoms with Crippen molar-refractivity contribution in [3.05, 3.63) is 29.0 Å². The lowest BCUT2D eigenvalue weighted by Crippen LogP contribution is -2.34. The second-order valence-corrected chi connectivity index (χ2v) is 7.24. The molecule has 1 atom stereocenters. The molecule has 1 aliphatic rings. The molecule has 0 aliphatic carbocycles. The molecule has 2 aromatic rings. The maximum Gasteiger partial charge on any atom is 0.414 e. The van der Waals surface area contributed by atoms with Crippen molar-refractivity contribution in [3.63, 3.8) is 0 Å². The predicted octanol–water partition coefficient (Wildman–Crippen LogP) is 2.38. The number of hydrogen-bond donors (Lipinski definition) is 1. The van der Waals surface area contributed by atoms with Crippen molar-refractivity contribution < 1.29 is 23.5 Å². The third-order valence-corrected chi connectivity index (χ3v) is 5.22. The number of halogens is 1. The molecule has 1 unspecified atom stereocenters. The number of nitrogens with one attached hydrogen (secondary N) is 1. The standard InChI is InChI=1S/C18H21FN4O4S/c1-3-15(24)20-9-12-10-23(18(25)27-12)11-4-5-13(14(19)8-11)17-22-21-16(28-17)6-7-26-2/h4-5,8,12H,3,6-7,9-10H2,1-2H3,(H,20,24). The number of amides is 2. The number of hydrogen-bond acceptors (Lipinski definition) is 7. The van der Waals surface area contributed by atoms with E-state index in [0.717, 1.165) is 5.01 Å². The van der Waals surface area contributed by atoms with Gasteiger partial charge in [-0.05, 0) is 18.2 Å². The molecule has 28 heavy (non-hydrogen) atoms. The van der Waals surface area contributed by atoms with E-state index in [4.69, 9.17) is 9.47 Å². The highest BCUT2D eigenvalue weighted by molar-refractivity contribution is 7.14. The molecule has 1 aromatic carbocycles. The van der Waals surface area contributed by atoms with Crippen molar-refractivity contribution in [2.24, 2.45) is 0 Å². The Morgan fingerprint density at radius 3 is 3.00 bits per heavy atom. The topological polar surface area (TPSA) is 93.7 Å². The van der Waals surface area contributed by atoms with Crippen LogP contribution in [-0.4, -0.2) is 55.1 Å². The summed E-state index contributed by atoms with van der Waals surface area (Å²) < 4.78 is 24.9. The number of rotatable bonds is 8. The zero-order chi connectivity index (χ0) is 20.1. The van der Waals surface area contributed by atoms with Gasteiger partial charge in [0.05, 0.1) is 25.4 Å². The number of benzene rings is 1. The maximum absolute atomic E-state index is 14.7. The Hall–Kier alpha value is -2.59. The van der Waals surface area contributed by atoms with Gasteiger partial charge in [0, 0.05) is 25.5 Å². The number of aromatic nitrogens is 2. The first-order valence-corrected chi connectivity index (χ1v) is 9.69. The Bertz CT molecular complexity index is 860. The van der Waals surface area contributed by atoms with Crippen molar-refractivity contribution in [1.29, 1.82) is 0 Å². The smallest absolute Gasteiger partial charge is 0.414 e. The van der Waals surface area contributed by atoms with Crippen molar-refractivity contribution >= 4 is 29.0 Å². The zero-order valence-electron chi connectivity index (χ0n) is 15.6. The van der Waals surface area contributed by atoms with E-state index in [2.05, 4.69) is 15.5 Å². The van der Waals surface area contributed by atoms with E-state index in [1.165, 1.54) is 22.3 Å². The molecule has 1 N–H and O–H groups in total. The summed E-state index contributed by atoms with van der Waals surface area (Å²) in [5.41, 5.74) is 0.712. The van der Waals surface area contributed by atoms with Crippen LogP contribution in [0.25, 0.3) is 10.6 Å². The van der Waals surface area contributed by atoms with Crippen LogP contribution in [0.5, 0.6) is 0 Å². The van der Waals surface area contributed by atoms with Crippen LogP contribution in [0.15, 0.2) is 18.2 Å². The first-order chi connectivity index (χ1) is 13.5. The molecule has 2 heterocycles. The van der Waals surface area contributed by atoms with Gasteiger partial charge in [0.2, 0.25) is 5.91 Å². The normalized spacial score (nSPS) is 16.3. The lowest BCUT2D eigenvalue weighted by molar-refractivity contribution is -0.121. The van der Waals surface area contributed by atoms with Crippen LogP contribution < -0.4 is 10.2 Å². The maximum atomic E-state index is 14.7. The average molecular weight is 408 g/mol. The highest BCUT2D eigenvalue weighted by Gasteiger charge is 2.33. The van der Waals surface area contributed by atoms with E-state index >= 15 is 0 Å². The van der Waals surface area contributed by atoms with Crippen molar-refractivity contribution in [1.82, 2.24) is 15.5 Å². The minimum atomic E-state index is -0.569. The molecular formula is C18H21FN4O4S. The minimum Gasteiger partial charge on any atom is -0.442 e. The van der Waals surface area contributed by atoms with Gasteiger partial charge in [-0.1, -0.05) is 18.3 Å².